The number of hydrogen-bond donors (Lipinski definition) is 0. The maximum absolute atomic E-state index is 6.14. The lowest BCUT2D eigenvalue weighted by molar-refractivity contribution is -0.611. The van der Waals surface area contributed by atoms with E-state index in [9.17, 15) is 0 Å². The number of nitrogens with zero attached hydrogens (tertiary/aromatic N) is 1. The third kappa shape index (κ3) is 2.81. The maximum Gasteiger partial charge on any atom is 0.340 e. The van der Waals surface area contributed by atoms with E-state index in [0.717, 1.165) is 30.9 Å². The first-order valence-corrected chi connectivity index (χ1v) is 8.64. The molecule has 1 aromatic rings. The standard InChI is InChI=1S/C19H25ClNO/c1-4-5-15-8-11-17(14-6-9-16(20)10-7-14)21-18(13(2)3)12-22-19(15)21/h4,6-7,9-10,13,15,17-18H,1,5,8,11-12H2,2-3H3/q+1. The molecule has 0 saturated heterocycles. The van der Waals surface area contributed by atoms with Gasteiger partial charge in [-0.15, -0.1) is 6.58 Å². The molecule has 22 heavy (non-hydrogen) atoms. The Labute approximate surface area is 138 Å². The van der Waals surface area contributed by atoms with E-state index in [-0.39, 0.29) is 0 Å². The predicted molar refractivity (Wildman–Crippen MR) is 91.6 cm³/mol. The van der Waals surface area contributed by atoms with Gasteiger partial charge in [-0.2, -0.15) is 4.58 Å². The lowest BCUT2D eigenvalue weighted by Gasteiger charge is -2.26. The maximum atomic E-state index is 6.14. The second-order valence-corrected chi connectivity index (χ2v) is 7.17. The number of benzene rings is 1. The average Bonchev–Trinajstić information content (AvgIpc) is 2.94. The molecule has 0 aliphatic carbocycles. The molecule has 118 valence electrons. The van der Waals surface area contributed by atoms with Crippen LogP contribution in [0.15, 0.2) is 36.9 Å². The number of rotatable bonds is 4. The minimum atomic E-state index is 0.406. The van der Waals surface area contributed by atoms with Gasteiger partial charge in [-0.3, -0.25) is 0 Å². The van der Waals surface area contributed by atoms with Crippen molar-refractivity contribution in [3.8, 4) is 0 Å². The highest BCUT2D eigenvalue weighted by Crippen LogP contribution is 2.37. The Kier molecular flexibility index (Phi) is 4.58. The molecule has 2 nitrogen and oxygen atoms in total. The number of halogens is 1. The van der Waals surface area contributed by atoms with Crippen LogP contribution in [-0.4, -0.2) is 23.1 Å². The van der Waals surface area contributed by atoms with Gasteiger partial charge in [-0.25, -0.2) is 0 Å². The van der Waals surface area contributed by atoms with E-state index in [1.54, 1.807) is 0 Å². The van der Waals surface area contributed by atoms with Gasteiger partial charge in [0.25, 0.3) is 0 Å². The van der Waals surface area contributed by atoms with E-state index < -0.39 is 0 Å². The first-order chi connectivity index (χ1) is 10.6. The molecule has 3 unspecified atom stereocenters. The Morgan fingerprint density at radius 1 is 1.32 bits per heavy atom. The van der Waals surface area contributed by atoms with Gasteiger partial charge in [0.2, 0.25) is 0 Å². The Morgan fingerprint density at radius 2 is 2.05 bits per heavy atom. The van der Waals surface area contributed by atoms with E-state index in [1.165, 1.54) is 11.5 Å². The van der Waals surface area contributed by atoms with Crippen molar-refractivity contribution in [3.05, 3.63) is 47.5 Å². The van der Waals surface area contributed by atoms with Crippen LogP contribution in [0.25, 0.3) is 0 Å². The Balaban J connectivity index is 2.00. The van der Waals surface area contributed by atoms with Crippen LogP contribution in [-0.2, 0) is 4.74 Å². The molecule has 3 rings (SSSR count). The lowest BCUT2D eigenvalue weighted by atomic mass is 9.88. The summed E-state index contributed by atoms with van der Waals surface area (Å²) in [5.74, 6) is 2.25. The van der Waals surface area contributed by atoms with Crippen LogP contribution in [0.5, 0.6) is 0 Å². The van der Waals surface area contributed by atoms with Gasteiger partial charge >= 0.3 is 5.90 Å². The monoisotopic (exact) mass is 318 g/mol. The summed E-state index contributed by atoms with van der Waals surface area (Å²) < 4.78 is 8.69. The molecular weight excluding hydrogens is 294 g/mol. The third-order valence-corrected chi connectivity index (χ3v) is 5.21. The molecule has 3 heteroatoms. The summed E-state index contributed by atoms with van der Waals surface area (Å²) in [4.78, 5) is 0. The van der Waals surface area contributed by atoms with Crippen molar-refractivity contribution in [2.24, 2.45) is 11.8 Å². The fourth-order valence-corrected chi connectivity index (χ4v) is 3.90. The molecule has 2 aliphatic rings. The van der Waals surface area contributed by atoms with Gasteiger partial charge in [-0.05, 0) is 25.0 Å². The van der Waals surface area contributed by atoms with Crippen molar-refractivity contribution >= 4 is 17.5 Å². The molecule has 0 amide bonds. The Hall–Kier alpha value is -1.28. The van der Waals surface area contributed by atoms with Crippen LogP contribution in [0.2, 0.25) is 5.02 Å². The fraction of sp³-hybridized carbons (Fsp3) is 0.526. The van der Waals surface area contributed by atoms with Crippen molar-refractivity contribution in [2.45, 2.75) is 45.2 Å². The van der Waals surface area contributed by atoms with Gasteiger partial charge < -0.3 is 4.74 Å². The second-order valence-electron chi connectivity index (χ2n) is 6.73. The van der Waals surface area contributed by atoms with Crippen molar-refractivity contribution < 1.29 is 9.31 Å². The minimum Gasteiger partial charge on any atom is -0.441 e. The van der Waals surface area contributed by atoms with Gasteiger partial charge in [-0.1, -0.05) is 43.7 Å². The zero-order chi connectivity index (χ0) is 15.7. The van der Waals surface area contributed by atoms with Crippen LogP contribution in [0, 0.1) is 11.8 Å². The first kappa shape index (κ1) is 15.6. The van der Waals surface area contributed by atoms with Crippen molar-refractivity contribution in [2.75, 3.05) is 6.61 Å². The molecule has 3 atom stereocenters. The fourth-order valence-electron chi connectivity index (χ4n) is 3.77. The number of hydrogen-bond acceptors (Lipinski definition) is 1. The van der Waals surface area contributed by atoms with Gasteiger partial charge in [0.15, 0.2) is 18.7 Å². The van der Waals surface area contributed by atoms with E-state index in [2.05, 4.69) is 37.1 Å². The molecule has 2 heterocycles. The zero-order valence-electron chi connectivity index (χ0n) is 13.5. The summed E-state index contributed by atoms with van der Waals surface area (Å²) in [6.45, 7) is 9.29. The summed E-state index contributed by atoms with van der Waals surface area (Å²) in [5, 5.41) is 0.798. The molecule has 0 aromatic heterocycles. The van der Waals surface area contributed by atoms with Crippen LogP contribution < -0.4 is 0 Å². The molecule has 0 radical (unpaired) electrons. The third-order valence-electron chi connectivity index (χ3n) is 4.96. The highest BCUT2D eigenvalue weighted by atomic mass is 35.5. The smallest absolute Gasteiger partial charge is 0.340 e. The SMILES string of the molecule is C=CCC1CCC(c2ccc(Cl)cc2)[N+]2=C1OCC2C(C)C. The Bertz CT molecular complexity index is 576. The van der Waals surface area contributed by atoms with Gasteiger partial charge in [0.05, 0.1) is 5.92 Å². The van der Waals surface area contributed by atoms with E-state index in [0.29, 0.717) is 23.9 Å². The van der Waals surface area contributed by atoms with E-state index in [4.69, 9.17) is 16.3 Å². The summed E-state index contributed by atoms with van der Waals surface area (Å²) in [6, 6.07) is 9.18. The van der Waals surface area contributed by atoms with Crippen molar-refractivity contribution in [1.29, 1.82) is 0 Å². The van der Waals surface area contributed by atoms with Gasteiger partial charge in [0.1, 0.15) is 0 Å². The van der Waals surface area contributed by atoms with E-state index >= 15 is 0 Å². The second kappa shape index (κ2) is 6.45. The van der Waals surface area contributed by atoms with Crippen molar-refractivity contribution in [3.63, 3.8) is 0 Å². The predicted octanol–water partition coefficient (Wildman–Crippen LogP) is 4.83. The largest absolute Gasteiger partial charge is 0.441 e. The molecule has 0 fully saturated rings. The molecule has 0 bridgehead atoms. The lowest BCUT2D eigenvalue weighted by Crippen LogP contribution is -2.39. The van der Waals surface area contributed by atoms with Crippen molar-refractivity contribution in [1.82, 2.24) is 0 Å². The molecule has 1 aromatic carbocycles. The zero-order valence-corrected chi connectivity index (χ0v) is 14.2. The number of allylic oxidation sites excluding steroid dienone is 1. The summed E-state index contributed by atoms with van der Waals surface area (Å²) in [7, 11) is 0. The first-order valence-electron chi connectivity index (χ1n) is 8.26. The molecular formula is C19H25ClNO+. The van der Waals surface area contributed by atoms with E-state index in [1.807, 2.05) is 18.2 Å². The molecule has 2 aliphatic heterocycles. The Morgan fingerprint density at radius 3 is 2.68 bits per heavy atom. The minimum absolute atomic E-state index is 0.406. The summed E-state index contributed by atoms with van der Waals surface area (Å²) >= 11 is 6.05. The topological polar surface area (TPSA) is 12.2 Å². The highest BCUT2D eigenvalue weighted by molar-refractivity contribution is 6.30. The van der Waals surface area contributed by atoms with Crippen LogP contribution >= 0.6 is 11.6 Å². The highest BCUT2D eigenvalue weighted by Gasteiger charge is 2.48. The molecule has 0 saturated carbocycles. The van der Waals surface area contributed by atoms with Crippen LogP contribution in [0.4, 0.5) is 0 Å². The molecule has 0 N–H and O–H groups in total. The number of ether oxygens (including phenoxy) is 1. The quantitative estimate of drug-likeness (QED) is 0.572. The van der Waals surface area contributed by atoms with Gasteiger partial charge in [0, 0.05) is 22.9 Å². The normalized spacial score (nSPS) is 27.7. The summed E-state index contributed by atoms with van der Waals surface area (Å²) in [6.07, 6.45) is 5.35. The molecule has 0 spiro atoms. The summed E-state index contributed by atoms with van der Waals surface area (Å²) in [5.41, 5.74) is 1.34. The van der Waals surface area contributed by atoms with Crippen LogP contribution in [0.1, 0.15) is 44.7 Å². The average molecular weight is 319 g/mol. The van der Waals surface area contributed by atoms with Crippen LogP contribution in [0.3, 0.4) is 0 Å².